The number of carbonyl (C=O) groups excluding carboxylic acids is 7. The molecule has 3 aromatic rings. The summed E-state index contributed by atoms with van der Waals surface area (Å²) >= 11 is 5.77. The van der Waals surface area contributed by atoms with Crippen LogP contribution in [-0.2, 0) is 39.9 Å². The Labute approximate surface area is 711 Å². The monoisotopic (exact) mass is 1640 g/mol. The lowest BCUT2D eigenvalue weighted by Gasteiger charge is -2.33. The maximum Gasteiger partial charge on any atom is 0.410 e. The third-order valence-electron chi connectivity index (χ3n) is 18.5. The summed E-state index contributed by atoms with van der Waals surface area (Å²) in [5.74, 6) is 3.26. The Morgan fingerprint density at radius 1 is 0.448 bits per heavy atom. The van der Waals surface area contributed by atoms with E-state index in [1.165, 1.54) is 44.2 Å². The van der Waals surface area contributed by atoms with Gasteiger partial charge in [0.15, 0.2) is 0 Å². The van der Waals surface area contributed by atoms with Crippen molar-refractivity contribution in [1.82, 2.24) is 63.0 Å². The summed E-state index contributed by atoms with van der Waals surface area (Å²) in [6.45, 7) is 65.1. The van der Waals surface area contributed by atoms with Gasteiger partial charge in [-0.25, -0.2) is 4.79 Å². The van der Waals surface area contributed by atoms with Crippen LogP contribution >= 0.6 is 11.6 Å². The minimum absolute atomic E-state index is 0. The SMILES string of the molecule is C.C=C(NC(C)C)C1CCCC1.C=C(NC(C)C)c1ccc(Cl)cc1.C=C(NC(C)C)c1ccccc1.CC(C)NC(=O)C(C)C.CC(C)NC(=O)C1CCCN(C(=O)OC(C)(C)C)C1.CC(C)NC(=O)C1CCCNC1.CC(C)NC(=O)C1CCN(C)CC1.CC(C)NC(=O)Cc1ccccc1.CC1CCC(C(=O)NC(C)C)CC1. The summed E-state index contributed by atoms with van der Waals surface area (Å²) in [6, 6.07) is 30.4. The van der Waals surface area contributed by atoms with Gasteiger partial charge in [-0.2, -0.15) is 0 Å². The summed E-state index contributed by atoms with van der Waals surface area (Å²) in [6.07, 6.45) is 16.1. The van der Waals surface area contributed by atoms with E-state index in [-0.39, 0.29) is 109 Å². The van der Waals surface area contributed by atoms with Gasteiger partial charge in [-0.1, -0.05) is 145 Å². The van der Waals surface area contributed by atoms with Gasteiger partial charge in [0.05, 0.1) is 18.3 Å². The maximum atomic E-state index is 12.0. The zero-order valence-corrected chi connectivity index (χ0v) is 77.1. The highest BCUT2D eigenvalue weighted by atomic mass is 35.5. The molecular weight excluding hydrogens is 1470 g/mol. The molecule has 0 bridgehead atoms. The van der Waals surface area contributed by atoms with Crippen LogP contribution in [0.5, 0.6) is 0 Å². The molecule has 8 rings (SSSR count). The van der Waals surface area contributed by atoms with E-state index in [4.69, 9.17) is 16.3 Å². The molecule has 0 spiro atoms. The first-order valence-electron chi connectivity index (χ1n) is 43.2. The molecule has 0 aromatic heterocycles. The van der Waals surface area contributed by atoms with Crippen LogP contribution in [0.25, 0.3) is 11.4 Å². The Kier molecular flexibility index (Phi) is 59.0. The topological polar surface area (TPSA) is 255 Å². The molecule has 3 aliphatic heterocycles. The second-order valence-corrected chi connectivity index (χ2v) is 35.9. The summed E-state index contributed by atoms with van der Waals surface area (Å²) in [5, 5.41) is 31.3. The van der Waals surface area contributed by atoms with Crippen molar-refractivity contribution in [2.45, 2.75) is 330 Å². The number of carbonyl (C=O) groups is 7. The molecule has 2 unspecified atom stereocenters. The van der Waals surface area contributed by atoms with E-state index in [0.717, 1.165) is 122 Å². The van der Waals surface area contributed by atoms with E-state index in [0.29, 0.717) is 43.6 Å². The second-order valence-electron chi connectivity index (χ2n) is 35.4. The number of ether oxygens (including phenoxy) is 1. The molecule has 2 atom stereocenters. The van der Waals surface area contributed by atoms with Crippen LogP contribution in [0.3, 0.4) is 0 Å². The molecule has 116 heavy (non-hydrogen) atoms. The Balaban J connectivity index is 0. The van der Waals surface area contributed by atoms with Crippen molar-refractivity contribution in [3.63, 3.8) is 0 Å². The highest BCUT2D eigenvalue weighted by molar-refractivity contribution is 6.30. The first kappa shape index (κ1) is 111. The summed E-state index contributed by atoms with van der Waals surface area (Å²) in [4.78, 5) is 84.7. The molecule has 3 heterocycles. The predicted octanol–water partition coefficient (Wildman–Crippen LogP) is 18.1. The minimum atomic E-state index is -0.496. The van der Waals surface area contributed by atoms with Crippen molar-refractivity contribution < 1.29 is 38.3 Å². The van der Waals surface area contributed by atoms with Crippen LogP contribution in [0.2, 0.25) is 5.02 Å². The third kappa shape index (κ3) is 56.8. The van der Waals surface area contributed by atoms with Gasteiger partial charge in [-0.3, -0.25) is 28.8 Å². The predicted molar refractivity (Wildman–Crippen MR) is 491 cm³/mol. The second kappa shape index (κ2) is 61.8. The van der Waals surface area contributed by atoms with E-state index in [9.17, 15) is 33.6 Å². The normalized spacial score (nSPS) is 17.3. The number of nitrogens with zero attached hydrogens (tertiary/aromatic N) is 2. The molecule has 0 radical (unpaired) electrons. The molecule has 7 amide bonds. The standard InChI is InChI=1S/C14H26N2O3.C11H14ClN.C11H21NO.C11H15NO.C11H15N.C10H20N2O.C10H19N.C9H18N2O.C7H15NO.CH4/c1-10(2)15-12(17)11-7-6-8-16(9-11)13(18)19-14(3,4)5;1-8(2)13-9(3)10-4-6-11(12)7-5-10;1-8(2)12-11(13)10-6-4-9(3)5-7-10;1-9(2)12-11(13)8-10-6-4-3-5-7-10;1-9(2)12-10(3)11-7-5-4-6-8-11;1-8(2)11-10(13)9-4-6-12(3)7-5-9;1-8(2)11-9(3)10-6-4-5-7-10;1-7(2)11-9(12)8-4-3-5-10-6-8;1-5(2)7(9)8-6(3)4;/h10-11H,6-9H2,1-5H3,(H,15,17);4-8,13H,3H2,1-2H3;8-10H,4-7H2,1-3H3,(H,12,13);3-7,9H,8H2,1-2H3,(H,12,13);4-9,12H,3H2,1-2H3;8-9H,4-7H2,1-3H3,(H,11,13);8,10-11H,3-7H2,1-2H3;7-8,10H,3-6H2,1-2H3,(H,11,12);5-6H,1-4H3,(H,8,9);1H4. The number of rotatable bonds is 22. The quantitative estimate of drug-likeness (QED) is 0.0450. The molecule has 3 saturated heterocycles. The van der Waals surface area contributed by atoms with Crippen molar-refractivity contribution in [3.8, 4) is 0 Å². The number of allylic oxidation sites excluding steroid dienone is 1. The van der Waals surface area contributed by atoms with Gasteiger partial charge in [0.25, 0.3) is 0 Å². The average Bonchev–Trinajstić information content (AvgIpc) is 0.926. The van der Waals surface area contributed by atoms with Gasteiger partial charge in [0.1, 0.15) is 5.60 Å². The van der Waals surface area contributed by atoms with E-state index in [1.807, 2.05) is 190 Å². The van der Waals surface area contributed by atoms with Crippen LogP contribution in [0.15, 0.2) is 110 Å². The number of benzene rings is 3. The molecule has 662 valence electrons. The van der Waals surface area contributed by atoms with Crippen LogP contribution in [0, 0.1) is 41.4 Å². The zero-order chi connectivity index (χ0) is 87.5. The molecule has 2 aliphatic carbocycles. The number of hydrogen-bond donors (Lipinski definition) is 10. The molecule has 5 aliphatic rings. The molecule has 2 saturated carbocycles. The van der Waals surface area contributed by atoms with Crippen LogP contribution in [0.4, 0.5) is 4.79 Å². The number of hydrogen-bond acceptors (Lipinski definition) is 13. The Morgan fingerprint density at radius 2 is 0.836 bits per heavy atom. The lowest BCUT2D eigenvalue weighted by Crippen LogP contribution is -2.48. The van der Waals surface area contributed by atoms with Gasteiger partial charge in [-0.05, 0) is 290 Å². The zero-order valence-electron chi connectivity index (χ0n) is 76.3. The van der Waals surface area contributed by atoms with E-state index in [2.05, 4.69) is 145 Å². The Hall–Kier alpha value is -7.42. The van der Waals surface area contributed by atoms with Crippen molar-refractivity contribution in [3.05, 3.63) is 132 Å². The fourth-order valence-electron chi connectivity index (χ4n) is 12.7. The molecule has 21 heteroatoms. The summed E-state index contributed by atoms with van der Waals surface area (Å²) < 4.78 is 5.34. The number of nitrogens with one attached hydrogen (secondary N) is 10. The Bertz CT molecular complexity index is 3140. The van der Waals surface area contributed by atoms with Crippen LogP contribution in [0.1, 0.15) is 280 Å². The minimum Gasteiger partial charge on any atom is -0.444 e. The van der Waals surface area contributed by atoms with Crippen LogP contribution < -0.4 is 53.2 Å². The first-order chi connectivity index (χ1) is 53.8. The third-order valence-corrected chi connectivity index (χ3v) is 18.7. The first-order valence-corrected chi connectivity index (χ1v) is 43.6. The number of amides is 7. The van der Waals surface area contributed by atoms with E-state index < -0.39 is 5.60 Å². The van der Waals surface area contributed by atoms with Crippen molar-refractivity contribution in [2.75, 3.05) is 46.3 Å². The average molecular weight is 1640 g/mol. The molecule has 10 N–H and O–H groups in total. The molecular formula is C95H167ClN12O8. The van der Waals surface area contributed by atoms with Crippen molar-refractivity contribution in [2.24, 2.45) is 41.4 Å². The number of halogens is 1. The van der Waals surface area contributed by atoms with Crippen molar-refractivity contribution in [1.29, 1.82) is 0 Å². The number of piperidine rings is 3. The van der Waals surface area contributed by atoms with E-state index >= 15 is 0 Å². The largest absolute Gasteiger partial charge is 0.444 e. The fraction of sp³-hybridized carbons (Fsp3) is 0.674. The van der Waals surface area contributed by atoms with Gasteiger partial charge in [-0.15, -0.1) is 0 Å². The fourth-order valence-corrected chi connectivity index (χ4v) is 12.8. The summed E-state index contributed by atoms with van der Waals surface area (Å²) in [7, 11) is 2.11. The molecule has 5 fully saturated rings. The number of likely N-dealkylation sites (tertiary alicyclic amines) is 2. The summed E-state index contributed by atoms with van der Waals surface area (Å²) in [5.41, 5.74) is 5.99. The maximum absolute atomic E-state index is 12.0. The van der Waals surface area contributed by atoms with Gasteiger partial charge < -0.3 is 67.7 Å². The van der Waals surface area contributed by atoms with Crippen molar-refractivity contribution >= 4 is 64.5 Å². The highest BCUT2D eigenvalue weighted by Crippen LogP contribution is 2.30. The van der Waals surface area contributed by atoms with Crippen LogP contribution in [-0.4, -0.2) is 158 Å². The Morgan fingerprint density at radius 3 is 1.23 bits per heavy atom. The van der Waals surface area contributed by atoms with Gasteiger partial charge >= 0.3 is 6.09 Å². The lowest BCUT2D eigenvalue weighted by atomic mass is 9.82. The molecule has 20 nitrogen and oxygen atoms in total. The van der Waals surface area contributed by atoms with Gasteiger partial charge in [0, 0.05) is 114 Å². The lowest BCUT2D eigenvalue weighted by molar-refractivity contribution is -0.127. The highest BCUT2D eigenvalue weighted by Gasteiger charge is 2.32. The van der Waals surface area contributed by atoms with E-state index in [1.54, 1.807) is 4.90 Å². The molecule has 3 aromatic carbocycles. The smallest absolute Gasteiger partial charge is 0.410 e. The van der Waals surface area contributed by atoms with Gasteiger partial charge in [0.2, 0.25) is 35.4 Å².